The molecule has 4 heterocycles. The molecule has 0 aromatic carbocycles. The van der Waals surface area contributed by atoms with Crippen LogP contribution >= 0.6 is 0 Å². The lowest BCUT2D eigenvalue weighted by Crippen LogP contribution is -2.38. The summed E-state index contributed by atoms with van der Waals surface area (Å²) < 4.78 is 0. The van der Waals surface area contributed by atoms with Gasteiger partial charge in [-0.05, 0) is 31.9 Å². The van der Waals surface area contributed by atoms with Crippen molar-refractivity contribution in [1.82, 2.24) is 24.8 Å². The number of piperidine rings is 1. The molecule has 2 aromatic rings. The van der Waals surface area contributed by atoms with Crippen molar-refractivity contribution in [3.63, 3.8) is 0 Å². The van der Waals surface area contributed by atoms with Gasteiger partial charge in [0.15, 0.2) is 0 Å². The fourth-order valence-corrected chi connectivity index (χ4v) is 4.27. The van der Waals surface area contributed by atoms with E-state index in [4.69, 9.17) is 9.97 Å². The van der Waals surface area contributed by atoms with Crippen LogP contribution in [0.2, 0.25) is 0 Å². The first-order valence-electron chi connectivity index (χ1n) is 10.8. The molecule has 2 amide bonds. The van der Waals surface area contributed by atoms with Crippen LogP contribution < -0.4 is 4.90 Å². The zero-order chi connectivity index (χ0) is 22.1. The van der Waals surface area contributed by atoms with Crippen LogP contribution in [0.15, 0.2) is 24.4 Å². The molecular formula is C23H30N6O2. The van der Waals surface area contributed by atoms with Crippen LogP contribution in [-0.2, 0) is 4.79 Å². The maximum Gasteiger partial charge on any atom is 0.255 e. The van der Waals surface area contributed by atoms with Crippen LogP contribution in [0.1, 0.15) is 58.7 Å². The molecule has 164 valence electrons. The average molecular weight is 423 g/mol. The third-order valence-corrected chi connectivity index (χ3v) is 6.27. The maximum atomic E-state index is 12.8. The van der Waals surface area contributed by atoms with Crippen molar-refractivity contribution in [3.8, 4) is 0 Å². The number of likely N-dealkylation sites (tertiary alicyclic amines) is 2. The number of aryl methyl sites for hydroxylation is 1. The number of carbonyl (C=O) groups is 2. The Morgan fingerprint density at radius 1 is 1.13 bits per heavy atom. The summed E-state index contributed by atoms with van der Waals surface area (Å²) in [5.74, 6) is 2.19. The molecule has 0 radical (unpaired) electrons. The summed E-state index contributed by atoms with van der Waals surface area (Å²) in [7, 11) is 5.78. The molecule has 8 heteroatoms. The van der Waals surface area contributed by atoms with Crippen molar-refractivity contribution in [1.29, 1.82) is 0 Å². The molecule has 1 unspecified atom stereocenters. The Morgan fingerprint density at radius 2 is 1.87 bits per heavy atom. The predicted molar refractivity (Wildman–Crippen MR) is 118 cm³/mol. The van der Waals surface area contributed by atoms with Crippen molar-refractivity contribution in [2.24, 2.45) is 0 Å². The first-order valence-corrected chi connectivity index (χ1v) is 10.8. The highest BCUT2D eigenvalue weighted by molar-refractivity contribution is 5.94. The van der Waals surface area contributed by atoms with E-state index in [2.05, 4.69) is 4.98 Å². The Labute approximate surface area is 183 Å². The van der Waals surface area contributed by atoms with Gasteiger partial charge in [-0.3, -0.25) is 14.6 Å². The molecular weight excluding hydrogens is 392 g/mol. The summed E-state index contributed by atoms with van der Waals surface area (Å²) in [5.41, 5.74) is 2.47. The fraction of sp³-hybridized carbons (Fsp3) is 0.522. The van der Waals surface area contributed by atoms with Crippen molar-refractivity contribution < 1.29 is 9.59 Å². The van der Waals surface area contributed by atoms with Crippen LogP contribution in [-0.4, -0.2) is 77.3 Å². The smallest absolute Gasteiger partial charge is 0.255 e. The standard InChI is InChI=1S/C23H30N6O2/c1-15-5-6-17(13-24-15)23(31)29-9-7-16(8-10-29)22-25-19(12-20(26-22)27(2)3)18-11-21(30)28(4)14-18/h5-6,12-13,16,18H,7-11,14H2,1-4H3. The average Bonchev–Trinajstić information content (AvgIpc) is 3.12. The highest BCUT2D eigenvalue weighted by Gasteiger charge is 2.32. The van der Waals surface area contributed by atoms with Crippen molar-refractivity contribution in [3.05, 3.63) is 47.2 Å². The zero-order valence-corrected chi connectivity index (χ0v) is 18.7. The first-order chi connectivity index (χ1) is 14.8. The molecule has 8 nitrogen and oxygen atoms in total. The number of aromatic nitrogens is 3. The predicted octanol–water partition coefficient (Wildman–Crippen LogP) is 2.21. The van der Waals surface area contributed by atoms with Crippen LogP contribution in [0, 0.1) is 6.92 Å². The second kappa shape index (κ2) is 8.61. The number of likely N-dealkylation sites (N-methyl/N-ethyl adjacent to an activating group) is 1. The van der Waals surface area contributed by atoms with Gasteiger partial charge in [-0.25, -0.2) is 9.97 Å². The minimum Gasteiger partial charge on any atom is -0.363 e. The molecule has 1 atom stereocenters. The summed E-state index contributed by atoms with van der Waals surface area (Å²) in [6.45, 7) is 3.95. The number of nitrogens with zero attached hydrogens (tertiary/aromatic N) is 6. The van der Waals surface area contributed by atoms with E-state index in [1.807, 2.05) is 56.1 Å². The minimum absolute atomic E-state index is 0.0297. The molecule has 4 rings (SSSR count). The second-order valence-electron chi connectivity index (χ2n) is 8.83. The van der Waals surface area contributed by atoms with Gasteiger partial charge >= 0.3 is 0 Å². The highest BCUT2D eigenvalue weighted by Crippen LogP contribution is 2.32. The van der Waals surface area contributed by atoms with E-state index in [0.717, 1.165) is 35.9 Å². The Bertz CT molecular complexity index is 967. The summed E-state index contributed by atoms with van der Waals surface area (Å²) in [5, 5.41) is 0. The summed E-state index contributed by atoms with van der Waals surface area (Å²) >= 11 is 0. The van der Waals surface area contributed by atoms with Gasteiger partial charge in [0.1, 0.15) is 11.6 Å². The van der Waals surface area contributed by atoms with Crippen molar-refractivity contribution in [2.75, 3.05) is 45.7 Å². The Hall–Kier alpha value is -3.03. The number of anilines is 1. The van der Waals surface area contributed by atoms with E-state index in [-0.39, 0.29) is 23.7 Å². The van der Waals surface area contributed by atoms with Crippen LogP contribution in [0.5, 0.6) is 0 Å². The molecule has 2 fully saturated rings. The molecule has 2 aromatic heterocycles. The summed E-state index contributed by atoms with van der Waals surface area (Å²) in [6.07, 6.45) is 3.80. The number of hydrogen-bond acceptors (Lipinski definition) is 6. The van der Waals surface area contributed by atoms with E-state index >= 15 is 0 Å². The lowest BCUT2D eigenvalue weighted by Gasteiger charge is -2.32. The largest absolute Gasteiger partial charge is 0.363 e. The molecule has 0 aliphatic carbocycles. The third-order valence-electron chi connectivity index (χ3n) is 6.27. The molecule has 2 aliphatic heterocycles. The van der Waals surface area contributed by atoms with E-state index < -0.39 is 0 Å². The van der Waals surface area contributed by atoms with E-state index in [0.29, 0.717) is 31.6 Å². The monoisotopic (exact) mass is 422 g/mol. The Balaban J connectivity index is 1.49. The normalized spacial score (nSPS) is 19.7. The van der Waals surface area contributed by atoms with E-state index in [1.54, 1.807) is 11.1 Å². The third kappa shape index (κ3) is 4.52. The topological polar surface area (TPSA) is 82.5 Å². The molecule has 2 saturated heterocycles. The van der Waals surface area contributed by atoms with Crippen LogP contribution in [0.3, 0.4) is 0 Å². The fourth-order valence-electron chi connectivity index (χ4n) is 4.27. The minimum atomic E-state index is 0.0297. The first kappa shape index (κ1) is 21.2. The lowest BCUT2D eigenvalue weighted by atomic mass is 9.94. The van der Waals surface area contributed by atoms with Gasteiger partial charge in [0, 0.05) is 77.0 Å². The van der Waals surface area contributed by atoms with Crippen LogP contribution in [0.25, 0.3) is 0 Å². The molecule has 2 aliphatic rings. The van der Waals surface area contributed by atoms with Crippen LogP contribution in [0.4, 0.5) is 5.82 Å². The molecule has 0 saturated carbocycles. The van der Waals surface area contributed by atoms with Gasteiger partial charge in [0.25, 0.3) is 5.91 Å². The summed E-state index contributed by atoms with van der Waals surface area (Å²) in [6, 6.07) is 5.71. The maximum absolute atomic E-state index is 12.8. The number of rotatable bonds is 4. The van der Waals surface area contributed by atoms with Gasteiger partial charge in [-0.2, -0.15) is 0 Å². The van der Waals surface area contributed by atoms with E-state index in [9.17, 15) is 9.59 Å². The van der Waals surface area contributed by atoms with Gasteiger partial charge in [-0.15, -0.1) is 0 Å². The highest BCUT2D eigenvalue weighted by atomic mass is 16.2. The quantitative estimate of drug-likeness (QED) is 0.751. The number of amides is 2. The molecule has 31 heavy (non-hydrogen) atoms. The number of carbonyl (C=O) groups excluding carboxylic acids is 2. The van der Waals surface area contributed by atoms with Gasteiger partial charge in [0.2, 0.25) is 5.91 Å². The number of pyridine rings is 1. The SMILES string of the molecule is Cc1ccc(C(=O)N2CCC(c3nc(C4CC(=O)N(C)C4)cc(N(C)C)n3)CC2)cn1. The van der Waals surface area contributed by atoms with Gasteiger partial charge < -0.3 is 14.7 Å². The molecule has 0 spiro atoms. The van der Waals surface area contributed by atoms with Gasteiger partial charge in [0.05, 0.1) is 11.3 Å². The van der Waals surface area contributed by atoms with Crippen molar-refractivity contribution in [2.45, 2.75) is 38.0 Å². The zero-order valence-electron chi connectivity index (χ0n) is 18.7. The molecule has 0 bridgehead atoms. The van der Waals surface area contributed by atoms with Gasteiger partial charge in [-0.1, -0.05) is 0 Å². The Morgan fingerprint density at radius 3 is 2.45 bits per heavy atom. The van der Waals surface area contributed by atoms with E-state index in [1.165, 1.54) is 0 Å². The number of hydrogen-bond donors (Lipinski definition) is 0. The van der Waals surface area contributed by atoms with Crippen molar-refractivity contribution >= 4 is 17.6 Å². The molecule has 0 N–H and O–H groups in total. The summed E-state index contributed by atoms with van der Waals surface area (Å²) in [4.78, 5) is 44.4. The Kier molecular flexibility index (Phi) is 5.89. The second-order valence-corrected chi connectivity index (χ2v) is 8.83. The lowest BCUT2D eigenvalue weighted by molar-refractivity contribution is -0.126.